The monoisotopic (exact) mass is 322 g/mol. The Morgan fingerprint density at radius 2 is 1.21 bits per heavy atom. The fourth-order valence-electron chi connectivity index (χ4n) is 2.82. The zero-order valence-electron chi connectivity index (χ0n) is 12.3. The molecule has 0 radical (unpaired) electrons. The number of esters is 2. The summed E-state index contributed by atoms with van der Waals surface area (Å²) in [7, 11) is 0. The molecule has 0 atom stereocenters. The molecule has 2 aromatic carbocycles. The van der Waals surface area contributed by atoms with Crippen LogP contribution in [0.15, 0.2) is 36.4 Å². The van der Waals surface area contributed by atoms with Crippen molar-refractivity contribution in [3.63, 3.8) is 0 Å². The molecule has 0 bridgehead atoms. The van der Waals surface area contributed by atoms with Crippen molar-refractivity contribution in [2.24, 2.45) is 0 Å². The molecule has 1 aliphatic carbocycles. The van der Waals surface area contributed by atoms with E-state index >= 15 is 0 Å². The first kappa shape index (κ1) is 14.3. The molecule has 2 aromatic rings. The molecular weight excluding hydrogens is 312 g/mol. The molecule has 2 aliphatic rings. The summed E-state index contributed by atoms with van der Waals surface area (Å²) in [5.41, 5.74) is 1.08. The number of benzene rings is 2. The van der Waals surface area contributed by atoms with Crippen molar-refractivity contribution >= 4 is 23.5 Å². The molecule has 6 heteroatoms. The number of carbonyl (C=O) groups is 4. The van der Waals surface area contributed by atoms with Gasteiger partial charge in [0.1, 0.15) is 11.5 Å². The molecule has 0 saturated heterocycles. The topological polar surface area (TPSA) is 86.7 Å². The third-order valence-electron chi connectivity index (χ3n) is 4.02. The first-order chi connectivity index (χ1) is 11.5. The van der Waals surface area contributed by atoms with E-state index in [4.69, 9.17) is 4.74 Å². The molecule has 0 saturated carbocycles. The Labute approximate surface area is 136 Å². The average Bonchev–Trinajstić information content (AvgIpc) is 2.85. The lowest BCUT2D eigenvalue weighted by molar-refractivity contribution is 0.0443. The number of cyclic esters (lactones) is 2. The fourth-order valence-corrected chi connectivity index (χ4v) is 2.82. The lowest BCUT2D eigenvalue weighted by Gasteiger charge is -2.15. The predicted molar refractivity (Wildman–Crippen MR) is 80.6 cm³/mol. The Morgan fingerprint density at radius 1 is 0.667 bits per heavy atom. The first-order valence-corrected chi connectivity index (χ1v) is 7.32. The van der Waals surface area contributed by atoms with Gasteiger partial charge in [-0.3, -0.25) is 9.59 Å². The summed E-state index contributed by atoms with van der Waals surface area (Å²) in [6.45, 7) is 0. The van der Waals surface area contributed by atoms with E-state index in [1.165, 1.54) is 24.3 Å². The van der Waals surface area contributed by atoms with Gasteiger partial charge in [0, 0.05) is 24.0 Å². The van der Waals surface area contributed by atoms with Gasteiger partial charge in [-0.2, -0.15) is 0 Å². The zero-order chi connectivity index (χ0) is 16.8. The van der Waals surface area contributed by atoms with Gasteiger partial charge in [0.2, 0.25) is 0 Å². The van der Waals surface area contributed by atoms with Gasteiger partial charge in [-0.05, 0) is 36.4 Å². The van der Waals surface area contributed by atoms with Crippen molar-refractivity contribution in [1.29, 1.82) is 0 Å². The highest BCUT2D eigenvalue weighted by Crippen LogP contribution is 2.31. The van der Waals surface area contributed by atoms with Crippen LogP contribution in [0.1, 0.15) is 54.3 Å². The average molecular weight is 322 g/mol. The Kier molecular flexibility index (Phi) is 3.06. The van der Waals surface area contributed by atoms with Crippen LogP contribution in [-0.2, 0) is 4.74 Å². The van der Waals surface area contributed by atoms with Crippen molar-refractivity contribution < 1.29 is 28.7 Å². The number of Topliss-reactive ketones (excluding diaryl/α,β-unsaturated/α-hetero) is 2. The molecule has 118 valence electrons. The minimum absolute atomic E-state index is 0.0602. The Hall–Kier alpha value is -3.28. The van der Waals surface area contributed by atoms with E-state index in [2.05, 4.69) is 4.74 Å². The summed E-state index contributed by atoms with van der Waals surface area (Å²) in [5.74, 6) is -0.858. The summed E-state index contributed by atoms with van der Waals surface area (Å²) < 4.78 is 10.2. The second kappa shape index (κ2) is 5.13. The predicted octanol–water partition coefficient (Wildman–Crippen LogP) is 2.95. The summed E-state index contributed by atoms with van der Waals surface area (Å²) in [4.78, 5) is 46.8. The van der Waals surface area contributed by atoms with Gasteiger partial charge >= 0.3 is 11.9 Å². The molecule has 0 amide bonds. The second-order valence-electron chi connectivity index (χ2n) is 5.54. The van der Waals surface area contributed by atoms with Crippen molar-refractivity contribution in [2.45, 2.75) is 12.8 Å². The van der Waals surface area contributed by atoms with Crippen molar-refractivity contribution in [3.05, 3.63) is 58.7 Å². The lowest BCUT2D eigenvalue weighted by atomic mass is 9.89. The molecule has 1 heterocycles. The molecule has 0 spiro atoms. The largest absolute Gasteiger partial charge is 0.457 e. The number of fused-ring (bicyclic) bond motifs is 2. The zero-order valence-corrected chi connectivity index (χ0v) is 12.3. The molecule has 0 unspecified atom stereocenters. The number of ketones is 2. The van der Waals surface area contributed by atoms with Crippen LogP contribution in [-0.4, -0.2) is 23.5 Å². The molecule has 4 rings (SSSR count). The fraction of sp³-hybridized carbons (Fsp3) is 0.111. The van der Waals surface area contributed by atoms with Crippen LogP contribution < -0.4 is 4.74 Å². The van der Waals surface area contributed by atoms with Crippen LogP contribution in [0.5, 0.6) is 11.5 Å². The number of hydrogen-bond donors (Lipinski definition) is 0. The summed E-state index contributed by atoms with van der Waals surface area (Å²) >= 11 is 0. The van der Waals surface area contributed by atoms with E-state index in [1.54, 1.807) is 12.1 Å². The maximum Gasteiger partial charge on any atom is 0.347 e. The summed E-state index contributed by atoms with van der Waals surface area (Å²) in [6, 6.07) is 9.07. The molecule has 0 fully saturated rings. The minimum Gasteiger partial charge on any atom is -0.457 e. The molecule has 6 nitrogen and oxygen atoms in total. The smallest absolute Gasteiger partial charge is 0.347 e. The molecular formula is C18H10O6. The van der Waals surface area contributed by atoms with Gasteiger partial charge in [0.25, 0.3) is 0 Å². The van der Waals surface area contributed by atoms with Gasteiger partial charge < -0.3 is 9.47 Å². The van der Waals surface area contributed by atoms with Gasteiger partial charge in [0.15, 0.2) is 11.6 Å². The maximum absolute atomic E-state index is 12.0. The lowest BCUT2D eigenvalue weighted by Crippen LogP contribution is -2.16. The van der Waals surface area contributed by atoms with Crippen LogP contribution in [0.25, 0.3) is 0 Å². The van der Waals surface area contributed by atoms with E-state index < -0.39 is 11.9 Å². The van der Waals surface area contributed by atoms with Crippen LogP contribution >= 0.6 is 0 Å². The van der Waals surface area contributed by atoms with Crippen LogP contribution in [0, 0.1) is 0 Å². The van der Waals surface area contributed by atoms with E-state index in [0.29, 0.717) is 22.6 Å². The molecule has 0 aromatic heterocycles. The highest BCUT2D eigenvalue weighted by atomic mass is 16.6. The number of rotatable bonds is 2. The third-order valence-corrected chi connectivity index (χ3v) is 4.02. The summed E-state index contributed by atoms with van der Waals surface area (Å²) in [6.07, 6.45) is 0.426. The number of carbonyl (C=O) groups excluding carboxylic acids is 4. The van der Waals surface area contributed by atoms with Gasteiger partial charge in [-0.1, -0.05) is 0 Å². The van der Waals surface area contributed by atoms with Crippen molar-refractivity contribution in [3.8, 4) is 11.5 Å². The normalized spacial score (nSPS) is 15.8. The number of hydrogen-bond acceptors (Lipinski definition) is 6. The van der Waals surface area contributed by atoms with Gasteiger partial charge in [-0.25, -0.2) is 9.59 Å². The quantitative estimate of drug-likeness (QED) is 0.624. The maximum atomic E-state index is 12.0. The molecule has 0 N–H and O–H groups in total. The Balaban J connectivity index is 1.67. The van der Waals surface area contributed by atoms with Crippen LogP contribution in [0.3, 0.4) is 0 Å². The van der Waals surface area contributed by atoms with E-state index in [0.717, 1.165) is 0 Å². The van der Waals surface area contributed by atoms with Crippen molar-refractivity contribution in [2.75, 3.05) is 0 Å². The van der Waals surface area contributed by atoms with E-state index in [-0.39, 0.29) is 35.5 Å². The van der Waals surface area contributed by atoms with Crippen LogP contribution in [0.2, 0.25) is 0 Å². The second-order valence-corrected chi connectivity index (χ2v) is 5.54. The Bertz CT molecular complexity index is 941. The van der Waals surface area contributed by atoms with Crippen LogP contribution in [0.4, 0.5) is 0 Å². The standard InChI is InChI=1S/C18H10O6/c19-15-5-6-16(20)13-7-9(1-3-11(13)15)23-10-2-4-12-14(8-10)18(22)24-17(12)21/h1-4,7-8H,5-6H2. The molecule has 24 heavy (non-hydrogen) atoms. The summed E-state index contributed by atoms with van der Waals surface area (Å²) in [5, 5.41) is 0. The molecule has 1 aliphatic heterocycles. The van der Waals surface area contributed by atoms with E-state index in [9.17, 15) is 19.2 Å². The highest BCUT2D eigenvalue weighted by molar-refractivity contribution is 6.15. The SMILES string of the molecule is O=C1CCC(=O)c2cc(Oc3ccc4c(c3)C(=O)OC4=O)ccc21. The Morgan fingerprint density at radius 3 is 1.92 bits per heavy atom. The first-order valence-electron chi connectivity index (χ1n) is 7.32. The highest BCUT2D eigenvalue weighted by Gasteiger charge is 2.30. The third kappa shape index (κ3) is 2.20. The van der Waals surface area contributed by atoms with E-state index in [1.807, 2.05) is 0 Å². The van der Waals surface area contributed by atoms with Crippen molar-refractivity contribution in [1.82, 2.24) is 0 Å². The van der Waals surface area contributed by atoms with Gasteiger partial charge in [-0.15, -0.1) is 0 Å². The minimum atomic E-state index is -0.716. The van der Waals surface area contributed by atoms with Gasteiger partial charge in [0.05, 0.1) is 11.1 Å². The number of ether oxygens (including phenoxy) is 2.